The van der Waals surface area contributed by atoms with Crippen molar-refractivity contribution in [2.45, 2.75) is 71.1 Å². The molecule has 284 valence electrons. The molecule has 0 unspecified atom stereocenters. The number of ether oxygens (including phenoxy) is 2. The molecule has 4 atom stereocenters. The van der Waals surface area contributed by atoms with Crippen LogP contribution in [-0.4, -0.2) is 93.1 Å². The van der Waals surface area contributed by atoms with E-state index < -0.39 is 30.3 Å². The van der Waals surface area contributed by atoms with Gasteiger partial charge in [-0.25, -0.2) is 19.6 Å². The highest BCUT2D eigenvalue weighted by atomic mass is 16.5. The van der Waals surface area contributed by atoms with E-state index in [-0.39, 0.29) is 35.1 Å². The summed E-state index contributed by atoms with van der Waals surface area (Å²) in [6.07, 6.45) is 7.35. The largest absolute Gasteiger partial charge is 0.453 e. The summed E-state index contributed by atoms with van der Waals surface area (Å²) < 4.78 is 9.55. The van der Waals surface area contributed by atoms with Crippen LogP contribution in [0.4, 0.5) is 9.59 Å². The summed E-state index contributed by atoms with van der Waals surface area (Å²) in [5, 5.41) is 5.41. The van der Waals surface area contributed by atoms with Gasteiger partial charge in [-0.2, -0.15) is 0 Å². The van der Waals surface area contributed by atoms with Gasteiger partial charge in [0.05, 0.1) is 43.2 Å². The van der Waals surface area contributed by atoms with E-state index in [4.69, 9.17) is 14.5 Å². The first-order valence-electron chi connectivity index (χ1n) is 18.5. The Morgan fingerprint density at radius 3 is 2.04 bits per heavy atom. The fourth-order valence-electron chi connectivity index (χ4n) is 7.65. The van der Waals surface area contributed by atoms with E-state index in [0.29, 0.717) is 18.9 Å². The molecule has 1 saturated heterocycles. The van der Waals surface area contributed by atoms with Crippen molar-refractivity contribution in [2.75, 3.05) is 27.3 Å². The number of fused-ring (bicyclic) bond motifs is 1. The van der Waals surface area contributed by atoms with Crippen LogP contribution in [0.15, 0.2) is 60.8 Å². The fraction of sp³-hybridized carbons (Fsp3) is 0.450. The van der Waals surface area contributed by atoms with Crippen LogP contribution in [0.25, 0.3) is 33.4 Å². The summed E-state index contributed by atoms with van der Waals surface area (Å²) in [5.74, 6) is 0.811. The number of H-pyrrole nitrogens is 2. The number of amides is 4. The number of alkyl carbamates (subject to hydrolysis) is 2. The second-order valence-electron chi connectivity index (χ2n) is 15.4. The fourth-order valence-corrected chi connectivity index (χ4v) is 7.65. The summed E-state index contributed by atoms with van der Waals surface area (Å²) >= 11 is 0. The molecule has 14 nitrogen and oxygen atoms in total. The Kier molecular flexibility index (Phi) is 9.94. The number of nitrogens with zero attached hydrogens (tertiary/aromatic N) is 4. The smallest absolute Gasteiger partial charge is 0.407 e. The molecular weight excluding hydrogens is 688 g/mol. The number of hydrogen-bond acceptors (Lipinski definition) is 8. The molecule has 1 saturated carbocycles. The van der Waals surface area contributed by atoms with Crippen LogP contribution in [0, 0.1) is 17.3 Å². The first-order valence-corrected chi connectivity index (χ1v) is 18.5. The maximum atomic E-state index is 13.9. The number of carbonyl (C=O) groups excluding carboxylic acids is 4. The van der Waals surface area contributed by atoms with E-state index in [1.807, 2.05) is 62.9 Å². The minimum Gasteiger partial charge on any atom is -0.453 e. The Hall–Kier alpha value is -5.66. The van der Waals surface area contributed by atoms with E-state index in [1.165, 1.54) is 14.2 Å². The third-order valence-corrected chi connectivity index (χ3v) is 11.0. The molecule has 2 fully saturated rings. The van der Waals surface area contributed by atoms with Gasteiger partial charge in [-0.05, 0) is 65.3 Å². The molecule has 0 radical (unpaired) electrons. The third-order valence-electron chi connectivity index (χ3n) is 11.0. The molecule has 7 rings (SSSR count). The molecule has 1 aliphatic carbocycles. The molecule has 14 heteroatoms. The average Bonchev–Trinajstić information content (AvgIpc) is 3.66. The van der Waals surface area contributed by atoms with Crippen molar-refractivity contribution in [3.63, 3.8) is 0 Å². The van der Waals surface area contributed by atoms with Crippen LogP contribution in [-0.2, 0) is 19.1 Å². The van der Waals surface area contributed by atoms with Crippen molar-refractivity contribution in [1.82, 2.24) is 40.4 Å². The molecule has 2 aromatic carbocycles. The lowest BCUT2D eigenvalue weighted by Gasteiger charge is -2.30. The van der Waals surface area contributed by atoms with Crippen molar-refractivity contribution in [3.05, 3.63) is 72.5 Å². The molecule has 2 aromatic heterocycles. The first-order chi connectivity index (χ1) is 25.9. The summed E-state index contributed by atoms with van der Waals surface area (Å²) in [6, 6.07) is 12.3. The van der Waals surface area contributed by atoms with Crippen LogP contribution in [0.2, 0.25) is 0 Å². The summed E-state index contributed by atoms with van der Waals surface area (Å²) in [4.78, 5) is 71.6. The molecule has 4 heterocycles. The minimum atomic E-state index is -0.732. The Labute approximate surface area is 314 Å². The van der Waals surface area contributed by atoms with Gasteiger partial charge in [0, 0.05) is 13.1 Å². The number of carbonyl (C=O) groups is 4. The third kappa shape index (κ3) is 7.16. The van der Waals surface area contributed by atoms with Gasteiger partial charge in [-0.1, -0.05) is 70.2 Å². The van der Waals surface area contributed by atoms with E-state index in [2.05, 4.69) is 49.9 Å². The molecular formula is C40H48N8O6. The van der Waals surface area contributed by atoms with Gasteiger partial charge in [-0.3, -0.25) is 9.59 Å². The molecule has 4 aromatic rings. The maximum absolute atomic E-state index is 13.9. The monoisotopic (exact) mass is 736 g/mol. The number of hydrogen-bond donors (Lipinski definition) is 4. The van der Waals surface area contributed by atoms with Gasteiger partial charge < -0.3 is 39.9 Å². The summed E-state index contributed by atoms with van der Waals surface area (Å²) in [7, 11) is 2.58. The van der Waals surface area contributed by atoms with Crippen LogP contribution < -0.4 is 10.6 Å². The first kappa shape index (κ1) is 36.7. The molecule has 4 amide bonds. The van der Waals surface area contributed by atoms with E-state index in [9.17, 15) is 19.2 Å². The summed E-state index contributed by atoms with van der Waals surface area (Å²) in [6.45, 7) is 8.65. The highest BCUT2D eigenvalue weighted by Gasteiger charge is 2.55. The number of imidazole rings is 2. The maximum Gasteiger partial charge on any atom is 0.407 e. The van der Waals surface area contributed by atoms with E-state index >= 15 is 0 Å². The molecule has 3 aliphatic rings. The van der Waals surface area contributed by atoms with Gasteiger partial charge in [0.2, 0.25) is 11.8 Å². The van der Waals surface area contributed by atoms with E-state index in [0.717, 1.165) is 58.5 Å². The van der Waals surface area contributed by atoms with Crippen molar-refractivity contribution >= 4 is 35.0 Å². The predicted octanol–water partition coefficient (Wildman–Crippen LogP) is 5.87. The number of aromatic amines is 2. The quantitative estimate of drug-likeness (QED) is 0.146. The lowest BCUT2D eigenvalue weighted by molar-refractivity contribution is -0.136. The molecule has 0 bridgehead atoms. The van der Waals surface area contributed by atoms with Crippen LogP contribution in [0.1, 0.15) is 70.7 Å². The number of rotatable bonds is 10. The topological polar surface area (TPSA) is 175 Å². The van der Waals surface area contributed by atoms with Crippen molar-refractivity contribution < 1.29 is 28.7 Å². The number of likely N-dealkylation sites (tertiary alicyclic amines) is 1. The summed E-state index contributed by atoms with van der Waals surface area (Å²) in [5.41, 5.74) is 5.59. The second-order valence-corrected chi connectivity index (χ2v) is 15.4. The standard InChI is InChI=1S/C40H48N8O6/c1-22(2)32(45-38(51)53-5)36(49)47-17-7-8-30(47)34-41-20-29(44-34)25-11-9-24(10-12-25)26-13-14-27-28(18-26)43-35(42-27)31-19-40(15-16-40)21-48(31)37(50)33(23(3)4)46-39(52)54-6/h7-14,18,20,22-23,30-33H,15-17,19,21H2,1-6H3,(H,41,44)(H,42,43)(H,45,51)(H,46,52)/t30-,31-,32-,33-/m0/s1. The zero-order chi connectivity index (χ0) is 38.3. The highest BCUT2D eigenvalue weighted by Crippen LogP contribution is 2.58. The van der Waals surface area contributed by atoms with Crippen LogP contribution in [0.3, 0.4) is 0 Å². The molecule has 1 spiro atoms. The van der Waals surface area contributed by atoms with Gasteiger partial charge in [0.1, 0.15) is 29.8 Å². The SMILES string of the molecule is COC(=O)N[C@H](C(=O)N1CC=C[C@H]1c1ncc(-c2ccc(-c3ccc4[nH]c([C@@H]5CC6(CC6)CN5C(=O)[C@@H](NC(=O)OC)C(C)C)nc4c3)cc2)[nH]1)C(C)C. The van der Waals surface area contributed by atoms with Crippen molar-refractivity contribution in [3.8, 4) is 22.4 Å². The van der Waals surface area contributed by atoms with E-state index in [1.54, 1.807) is 11.1 Å². The second kappa shape index (κ2) is 14.6. The van der Waals surface area contributed by atoms with Gasteiger partial charge >= 0.3 is 12.2 Å². The predicted molar refractivity (Wildman–Crippen MR) is 202 cm³/mol. The Bertz CT molecular complexity index is 2080. The molecule has 2 aliphatic heterocycles. The normalized spacial score (nSPS) is 19.8. The van der Waals surface area contributed by atoms with Crippen LogP contribution in [0.5, 0.6) is 0 Å². The zero-order valence-electron chi connectivity index (χ0n) is 31.5. The van der Waals surface area contributed by atoms with Gasteiger partial charge in [0.25, 0.3) is 0 Å². The molecule has 54 heavy (non-hydrogen) atoms. The minimum absolute atomic E-state index is 0.110. The number of aromatic nitrogens is 4. The van der Waals surface area contributed by atoms with Crippen molar-refractivity contribution in [2.24, 2.45) is 17.3 Å². The number of nitrogens with one attached hydrogen (secondary N) is 4. The van der Waals surface area contributed by atoms with Gasteiger partial charge in [0.15, 0.2) is 0 Å². The van der Waals surface area contributed by atoms with Gasteiger partial charge in [-0.15, -0.1) is 0 Å². The lowest BCUT2D eigenvalue weighted by Crippen LogP contribution is -2.51. The average molecular weight is 737 g/mol. The molecule has 4 N–H and O–H groups in total. The lowest BCUT2D eigenvalue weighted by atomic mass is 10.0. The van der Waals surface area contributed by atoms with Crippen LogP contribution >= 0.6 is 0 Å². The zero-order valence-corrected chi connectivity index (χ0v) is 31.5. The Morgan fingerprint density at radius 1 is 0.815 bits per heavy atom. The number of methoxy groups -OCH3 is 2. The van der Waals surface area contributed by atoms with Crippen molar-refractivity contribution in [1.29, 1.82) is 0 Å². The Morgan fingerprint density at radius 2 is 1.43 bits per heavy atom. The Balaban J connectivity index is 1.07. The highest BCUT2D eigenvalue weighted by molar-refractivity contribution is 5.88. The number of benzene rings is 2.